The van der Waals surface area contributed by atoms with Crippen LogP contribution in [0.25, 0.3) is 0 Å². The molecule has 54 heavy (non-hydrogen) atoms. The lowest BCUT2D eigenvalue weighted by molar-refractivity contribution is 0.192. The first kappa shape index (κ1) is 59.6. The van der Waals surface area contributed by atoms with Crippen molar-refractivity contribution in [2.75, 3.05) is 153 Å². The van der Waals surface area contributed by atoms with Crippen LogP contribution in [0.3, 0.4) is 0 Å². The van der Waals surface area contributed by atoms with E-state index in [-0.39, 0.29) is 0 Å². The van der Waals surface area contributed by atoms with Crippen LogP contribution in [0.4, 0.5) is 0 Å². The van der Waals surface area contributed by atoms with Crippen molar-refractivity contribution in [1.29, 1.82) is 0 Å². The summed E-state index contributed by atoms with van der Waals surface area (Å²) in [6.07, 6.45) is 18.6. The number of hydrogen-bond acceptors (Lipinski definition) is 6. The van der Waals surface area contributed by atoms with Gasteiger partial charge in [-0.2, -0.15) is 0 Å². The molecule has 0 radical (unpaired) electrons. The molecule has 0 heterocycles. The third-order valence-electron chi connectivity index (χ3n) is 9.86. The maximum atomic E-state index is 2.87. The van der Waals surface area contributed by atoms with E-state index in [4.69, 9.17) is 0 Å². The molecule has 0 aromatic carbocycles. The van der Waals surface area contributed by atoms with E-state index in [1.165, 1.54) is 243 Å². The van der Waals surface area contributed by atoms with Gasteiger partial charge in [0.2, 0.25) is 0 Å². The van der Waals surface area contributed by atoms with Gasteiger partial charge in [0.25, 0.3) is 0 Å². The molecule has 0 aromatic rings. The maximum absolute atomic E-state index is 2.87. The average molecular weight is 1660 g/mol. The number of rotatable bonds is 45. The monoisotopic (exact) mass is 1660 g/mol. The van der Waals surface area contributed by atoms with Gasteiger partial charge in [-0.1, -0.05) is 181 Å². The molecule has 0 aliphatic heterocycles. The SMILES string of the molecule is ICCCN(CCCI)CCCN(CCCCN(CCCN(CCCI)CCCI)CCCN(CCCI)CCCI)CCCN(CCCI)CCCI. The Bertz CT molecular complexity index is 596. The number of halogens is 8. The van der Waals surface area contributed by atoms with E-state index < -0.39 is 0 Å². The molecule has 326 valence electrons. The van der Waals surface area contributed by atoms with Crippen LogP contribution in [-0.4, -0.2) is 183 Å². The topological polar surface area (TPSA) is 19.4 Å². The highest BCUT2D eigenvalue weighted by Gasteiger charge is 2.13. The van der Waals surface area contributed by atoms with Gasteiger partial charge < -0.3 is 29.4 Å². The number of hydrogen-bond donors (Lipinski definition) is 0. The molecule has 0 saturated carbocycles. The maximum Gasteiger partial charge on any atom is 0.000744 e. The van der Waals surface area contributed by atoms with Crippen LogP contribution in [-0.2, 0) is 0 Å². The largest absolute Gasteiger partial charge is 0.303 e. The molecule has 0 atom stereocenters. The Hall–Kier alpha value is 5.60. The summed E-state index contributed by atoms with van der Waals surface area (Å²) in [5.41, 5.74) is 0. The van der Waals surface area contributed by atoms with Crippen LogP contribution in [0.1, 0.15) is 89.9 Å². The fourth-order valence-electron chi connectivity index (χ4n) is 7.02. The van der Waals surface area contributed by atoms with Crippen LogP contribution in [0.15, 0.2) is 0 Å². The fraction of sp³-hybridized carbons (Fsp3) is 1.00. The second kappa shape index (κ2) is 48.1. The summed E-state index contributed by atoms with van der Waals surface area (Å²) in [6, 6.07) is 0. The standard InChI is InChI=1S/C40H80I8N6/c41-15-3-25-51(26-4-16-42)37-11-33-49(34-12-38-52(27-5-17-43)28-6-18-44)23-1-2-24-50(35-13-39-53(29-7-19-45)30-8-20-46)36-14-40-54(31-9-21-47)32-10-22-48/h1-40H2. The van der Waals surface area contributed by atoms with Crippen LogP contribution >= 0.6 is 181 Å². The van der Waals surface area contributed by atoms with E-state index in [1.807, 2.05) is 0 Å². The van der Waals surface area contributed by atoms with Crippen molar-refractivity contribution >= 4 is 181 Å². The van der Waals surface area contributed by atoms with Crippen LogP contribution in [0, 0.1) is 0 Å². The van der Waals surface area contributed by atoms with Gasteiger partial charge in [0.15, 0.2) is 0 Å². The third-order valence-corrected chi connectivity index (χ3v) is 16.0. The Morgan fingerprint density at radius 2 is 0.259 bits per heavy atom. The van der Waals surface area contributed by atoms with Crippen molar-refractivity contribution in [3.05, 3.63) is 0 Å². The first-order valence-electron chi connectivity index (χ1n) is 21.3. The highest BCUT2D eigenvalue weighted by atomic mass is 127. The van der Waals surface area contributed by atoms with E-state index >= 15 is 0 Å². The predicted octanol–water partition coefficient (Wildman–Crippen LogP) is 11.7. The Morgan fingerprint density at radius 1 is 0.148 bits per heavy atom. The first-order chi connectivity index (χ1) is 26.5. The van der Waals surface area contributed by atoms with Gasteiger partial charge >= 0.3 is 0 Å². The molecule has 0 aromatic heterocycles. The van der Waals surface area contributed by atoms with Gasteiger partial charge in [0.1, 0.15) is 0 Å². The zero-order valence-corrected chi connectivity index (χ0v) is 51.3. The number of unbranched alkanes of at least 4 members (excludes halogenated alkanes) is 1. The quantitative estimate of drug-likeness (QED) is 0.0341. The van der Waals surface area contributed by atoms with Gasteiger partial charge in [0, 0.05) is 35.4 Å². The summed E-state index contributed by atoms with van der Waals surface area (Å²) in [5.74, 6) is 0. The Morgan fingerprint density at radius 3 is 0.389 bits per heavy atom. The number of nitrogens with zero attached hydrogens (tertiary/aromatic N) is 6. The summed E-state index contributed by atoms with van der Waals surface area (Å²) in [7, 11) is 0. The molecule has 0 fully saturated rings. The molecule has 0 unspecified atom stereocenters. The second-order valence-electron chi connectivity index (χ2n) is 14.5. The third kappa shape index (κ3) is 39.2. The average Bonchev–Trinajstić information content (AvgIpc) is 3.18. The van der Waals surface area contributed by atoms with Crippen molar-refractivity contribution in [3.8, 4) is 0 Å². The van der Waals surface area contributed by atoms with Gasteiger partial charge in [-0.25, -0.2) is 0 Å². The lowest BCUT2D eigenvalue weighted by Gasteiger charge is -2.29. The van der Waals surface area contributed by atoms with Crippen molar-refractivity contribution < 1.29 is 0 Å². The zero-order chi connectivity index (χ0) is 39.7. The van der Waals surface area contributed by atoms with Gasteiger partial charge in [0.05, 0.1) is 0 Å². The van der Waals surface area contributed by atoms with Gasteiger partial charge in [-0.15, -0.1) is 0 Å². The molecule has 0 rings (SSSR count). The van der Waals surface area contributed by atoms with E-state index in [0.29, 0.717) is 0 Å². The lowest BCUT2D eigenvalue weighted by Crippen LogP contribution is -2.36. The van der Waals surface area contributed by atoms with Crippen molar-refractivity contribution in [2.24, 2.45) is 0 Å². The molecular formula is C40H80I8N6. The molecule has 0 bridgehead atoms. The van der Waals surface area contributed by atoms with E-state index in [0.717, 1.165) is 0 Å². The fourth-order valence-corrected chi connectivity index (χ4v) is 9.75. The minimum atomic E-state index is 1.27. The van der Waals surface area contributed by atoms with Crippen molar-refractivity contribution in [3.63, 3.8) is 0 Å². The molecule has 0 spiro atoms. The minimum Gasteiger partial charge on any atom is -0.303 e. The molecule has 0 N–H and O–H groups in total. The second-order valence-corrected chi connectivity index (χ2v) is 23.1. The Kier molecular flexibility index (Phi) is 53.0. The predicted molar refractivity (Wildman–Crippen MR) is 314 cm³/mol. The van der Waals surface area contributed by atoms with Crippen LogP contribution in [0.2, 0.25) is 0 Å². The highest BCUT2D eigenvalue weighted by Crippen LogP contribution is 2.09. The van der Waals surface area contributed by atoms with E-state index in [2.05, 4.69) is 210 Å². The molecule has 0 aliphatic rings. The number of alkyl halides is 8. The van der Waals surface area contributed by atoms with Gasteiger partial charge in [-0.05, 0) is 208 Å². The first-order valence-corrected chi connectivity index (χ1v) is 33.5. The molecule has 0 aliphatic carbocycles. The van der Waals surface area contributed by atoms with E-state index in [1.54, 1.807) is 0 Å². The van der Waals surface area contributed by atoms with Crippen molar-refractivity contribution in [1.82, 2.24) is 29.4 Å². The highest BCUT2D eigenvalue weighted by molar-refractivity contribution is 14.1. The summed E-state index contributed by atoms with van der Waals surface area (Å²) in [5, 5.41) is 0. The molecule has 6 nitrogen and oxygen atoms in total. The smallest absolute Gasteiger partial charge is 0.000744 e. The van der Waals surface area contributed by atoms with Crippen LogP contribution < -0.4 is 0 Å². The molecule has 0 amide bonds. The Balaban J connectivity index is 5.42. The Labute approximate surface area is 446 Å². The molecule has 14 heteroatoms. The zero-order valence-electron chi connectivity index (χ0n) is 34.0. The minimum absolute atomic E-state index is 1.27. The lowest BCUT2D eigenvalue weighted by atomic mass is 10.2. The summed E-state index contributed by atoms with van der Waals surface area (Å²) < 4.78 is 10.2. The van der Waals surface area contributed by atoms with Crippen molar-refractivity contribution in [2.45, 2.75) is 89.9 Å². The normalized spacial score (nSPS) is 12.3. The summed E-state index contributed by atoms with van der Waals surface area (Å²) in [6.45, 7) is 22.9. The summed E-state index contributed by atoms with van der Waals surface area (Å²) in [4.78, 5) is 16.8. The van der Waals surface area contributed by atoms with Gasteiger partial charge in [-0.3, -0.25) is 0 Å². The molecular weight excluding hydrogens is 1580 g/mol. The van der Waals surface area contributed by atoms with E-state index in [9.17, 15) is 0 Å². The molecule has 0 saturated heterocycles. The summed E-state index contributed by atoms with van der Waals surface area (Å²) >= 11 is 20.4. The van der Waals surface area contributed by atoms with Crippen LogP contribution in [0.5, 0.6) is 0 Å².